The van der Waals surface area contributed by atoms with Crippen molar-refractivity contribution in [3.63, 3.8) is 0 Å². The maximum absolute atomic E-state index is 12.8. The Balaban J connectivity index is 1.50. The molecule has 0 spiro atoms. The second-order valence-corrected chi connectivity index (χ2v) is 9.17. The number of hydrogen-bond acceptors (Lipinski definition) is 4. The topological polar surface area (TPSA) is 38.3 Å². The number of fused-ring (bicyclic) bond motifs is 3. The molecule has 0 radical (unpaired) electrons. The van der Waals surface area contributed by atoms with Crippen molar-refractivity contribution < 1.29 is 9.53 Å². The molecule has 0 aliphatic heterocycles. The van der Waals surface area contributed by atoms with Crippen molar-refractivity contribution in [3.05, 3.63) is 44.6 Å². The first-order chi connectivity index (χ1) is 11.8. The lowest BCUT2D eigenvalue weighted by atomic mass is 9.94. The van der Waals surface area contributed by atoms with E-state index in [0.29, 0.717) is 17.9 Å². The Labute approximate surface area is 153 Å². The van der Waals surface area contributed by atoms with Gasteiger partial charge >= 0.3 is 0 Å². The van der Waals surface area contributed by atoms with Crippen LogP contribution in [-0.4, -0.2) is 19.4 Å². The quantitative estimate of drug-likeness (QED) is 0.770. The molecule has 1 saturated carbocycles. The highest BCUT2D eigenvalue weighted by molar-refractivity contribution is 7.14. The molecule has 4 heteroatoms. The molecular formula is C21H25NO2S. The molecule has 0 unspecified atom stereocenters. The molecule has 1 N–H and O–H groups in total. The fourth-order valence-corrected chi connectivity index (χ4v) is 5.74. The second kappa shape index (κ2) is 5.60. The molecule has 1 aromatic carbocycles. The van der Waals surface area contributed by atoms with Crippen molar-refractivity contribution >= 4 is 22.8 Å². The fraction of sp³-hybridized carbons (Fsp3) is 0.476. The van der Waals surface area contributed by atoms with Gasteiger partial charge in [-0.05, 0) is 72.4 Å². The third-order valence-electron chi connectivity index (χ3n) is 6.15. The van der Waals surface area contributed by atoms with Crippen LogP contribution in [0.1, 0.15) is 51.0 Å². The Morgan fingerprint density at radius 3 is 2.80 bits per heavy atom. The van der Waals surface area contributed by atoms with Crippen molar-refractivity contribution in [2.45, 2.75) is 40.0 Å². The van der Waals surface area contributed by atoms with E-state index in [1.165, 1.54) is 16.0 Å². The minimum Gasteiger partial charge on any atom is -0.497 e. The van der Waals surface area contributed by atoms with Crippen LogP contribution in [0, 0.1) is 25.2 Å². The van der Waals surface area contributed by atoms with Crippen molar-refractivity contribution in [2.75, 3.05) is 19.0 Å². The van der Waals surface area contributed by atoms with Gasteiger partial charge in [0.15, 0.2) is 5.78 Å². The number of hydrogen-bond donors (Lipinski definition) is 1. The summed E-state index contributed by atoms with van der Waals surface area (Å²) in [6.07, 6.45) is 1.08. The van der Waals surface area contributed by atoms with Crippen molar-refractivity contribution in [1.82, 2.24) is 0 Å². The zero-order chi connectivity index (χ0) is 17.9. The van der Waals surface area contributed by atoms with Gasteiger partial charge in [-0.1, -0.05) is 13.8 Å². The standard InChI is InChI=1S/C21H25NO2S/c1-11-8-13(24-5)6-7-16(11)22-10-17(23)20-14-9-15-19(21(15,3)4)18(14)12(2)25-20/h6-8,15,19,22H,9-10H2,1-5H3/t15-,19-/m1/s1. The number of ether oxygens (including phenoxy) is 1. The number of thiophene rings is 1. The lowest BCUT2D eigenvalue weighted by molar-refractivity contribution is 0.101. The van der Waals surface area contributed by atoms with Crippen LogP contribution in [0.15, 0.2) is 18.2 Å². The normalized spacial score (nSPS) is 22.3. The number of anilines is 1. The second-order valence-electron chi connectivity index (χ2n) is 7.95. The van der Waals surface area contributed by atoms with Gasteiger partial charge in [0, 0.05) is 10.6 Å². The van der Waals surface area contributed by atoms with E-state index in [-0.39, 0.29) is 5.78 Å². The highest BCUT2D eigenvalue weighted by Gasteiger charge is 2.63. The van der Waals surface area contributed by atoms with Gasteiger partial charge in [0.25, 0.3) is 0 Å². The molecule has 0 bridgehead atoms. The highest BCUT2D eigenvalue weighted by Crippen LogP contribution is 2.71. The average Bonchev–Trinajstić information content (AvgIpc) is 2.93. The molecule has 2 aliphatic carbocycles. The third kappa shape index (κ3) is 2.50. The third-order valence-corrected chi connectivity index (χ3v) is 7.35. The van der Waals surface area contributed by atoms with Crippen LogP contribution in [0.2, 0.25) is 0 Å². The fourth-order valence-electron chi connectivity index (χ4n) is 4.57. The van der Waals surface area contributed by atoms with E-state index < -0.39 is 0 Å². The summed E-state index contributed by atoms with van der Waals surface area (Å²) in [5.74, 6) is 2.47. The van der Waals surface area contributed by atoms with Crippen LogP contribution in [0.5, 0.6) is 5.75 Å². The zero-order valence-electron chi connectivity index (χ0n) is 15.5. The van der Waals surface area contributed by atoms with E-state index in [9.17, 15) is 4.79 Å². The van der Waals surface area contributed by atoms with Gasteiger partial charge < -0.3 is 10.1 Å². The molecule has 1 fully saturated rings. The molecule has 1 aromatic heterocycles. The number of benzene rings is 1. The molecule has 4 rings (SSSR count). The number of carbonyl (C=O) groups is 1. The number of nitrogens with one attached hydrogen (secondary N) is 1. The maximum atomic E-state index is 12.8. The first-order valence-electron chi connectivity index (χ1n) is 8.88. The van der Waals surface area contributed by atoms with Crippen LogP contribution in [0.25, 0.3) is 0 Å². The van der Waals surface area contributed by atoms with Gasteiger partial charge in [-0.15, -0.1) is 11.3 Å². The monoisotopic (exact) mass is 355 g/mol. The van der Waals surface area contributed by atoms with Crippen LogP contribution in [0.4, 0.5) is 5.69 Å². The Kier molecular flexibility index (Phi) is 3.73. The maximum Gasteiger partial charge on any atom is 0.192 e. The van der Waals surface area contributed by atoms with Gasteiger partial charge in [-0.2, -0.15) is 0 Å². The summed E-state index contributed by atoms with van der Waals surface area (Å²) in [6, 6.07) is 5.88. The lowest BCUT2D eigenvalue weighted by Gasteiger charge is -2.12. The summed E-state index contributed by atoms with van der Waals surface area (Å²) in [5.41, 5.74) is 5.34. The molecule has 2 aliphatic rings. The number of carbonyl (C=O) groups excluding carboxylic acids is 1. The lowest BCUT2D eigenvalue weighted by Crippen LogP contribution is -2.15. The highest BCUT2D eigenvalue weighted by atomic mass is 32.1. The van der Waals surface area contributed by atoms with Gasteiger partial charge in [0.2, 0.25) is 0 Å². The SMILES string of the molecule is COc1ccc(NCC(=O)c2sc(C)c3c2C[C@@H]2[C@H]3C2(C)C)c(C)c1. The molecule has 0 amide bonds. The summed E-state index contributed by atoms with van der Waals surface area (Å²) in [6.45, 7) is 9.27. The number of rotatable bonds is 5. The minimum atomic E-state index is 0.212. The van der Waals surface area contributed by atoms with Gasteiger partial charge in [0.05, 0.1) is 18.5 Å². The Morgan fingerprint density at radius 2 is 2.12 bits per heavy atom. The summed E-state index contributed by atoms with van der Waals surface area (Å²) in [5, 5.41) is 3.30. The van der Waals surface area contributed by atoms with Crippen molar-refractivity contribution in [3.8, 4) is 5.75 Å². The van der Waals surface area contributed by atoms with Gasteiger partial charge in [-0.25, -0.2) is 0 Å². The van der Waals surface area contributed by atoms with E-state index in [0.717, 1.165) is 34.2 Å². The molecule has 2 atom stereocenters. The smallest absolute Gasteiger partial charge is 0.192 e. The number of ketones is 1. The van der Waals surface area contributed by atoms with E-state index in [1.807, 2.05) is 25.1 Å². The van der Waals surface area contributed by atoms with Crippen LogP contribution >= 0.6 is 11.3 Å². The van der Waals surface area contributed by atoms with Crippen LogP contribution in [0.3, 0.4) is 0 Å². The van der Waals surface area contributed by atoms with E-state index >= 15 is 0 Å². The average molecular weight is 356 g/mol. The molecular weight excluding hydrogens is 330 g/mol. The van der Waals surface area contributed by atoms with Crippen molar-refractivity contribution in [1.29, 1.82) is 0 Å². The molecule has 132 valence electrons. The summed E-state index contributed by atoms with van der Waals surface area (Å²) < 4.78 is 5.24. The van der Waals surface area contributed by atoms with E-state index in [2.05, 4.69) is 26.1 Å². The first-order valence-corrected chi connectivity index (χ1v) is 9.70. The summed E-state index contributed by atoms with van der Waals surface area (Å²) >= 11 is 1.69. The zero-order valence-corrected chi connectivity index (χ0v) is 16.3. The molecule has 2 aromatic rings. The minimum absolute atomic E-state index is 0.212. The van der Waals surface area contributed by atoms with E-state index in [4.69, 9.17) is 4.74 Å². The Bertz CT molecular complexity index is 865. The van der Waals surface area contributed by atoms with E-state index in [1.54, 1.807) is 18.4 Å². The van der Waals surface area contributed by atoms with Crippen LogP contribution < -0.4 is 10.1 Å². The predicted octanol–water partition coefficient (Wildman–Crippen LogP) is 4.96. The van der Waals surface area contributed by atoms with Gasteiger partial charge in [-0.3, -0.25) is 4.79 Å². The molecule has 1 heterocycles. The predicted molar refractivity (Wildman–Crippen MR) is 103 cm³/mol. The molecule has 0 saturated heterocycles. The molecule has 3 nitrogen and oxygen atoms in total. The van der Waals surface area contributed by atoms with Gasteiger partial charge in [0.1, 0.15) is 5.75 Å². The largest absolute Gasteiger partial charge is 0.497 e. The Morgan fingerprint density at radius 1 is 1.36 bits per heavy atom. The number of Topliss-reactive ketones (excluding diaryl/α,β-unsaturated/α-hetero) is 1. The Hall–Kier alpha value is -1.81. The molecule has 25 heavy (non-hydrogen) atoms. The summed E-state index contributed by atoms with van der Waals surface area (Å²) in [4.78, 5) is 15.2. The number of aryl methyl sites for hydroxylation is 2. The van der Waals surface area contributed by atoms with Crippen LogP contribution in [-0.2, 0) is 6.42 Å². The van der Waals surface area contributed by atoms with Crippen molar-refractivity contribution in [2.24, 2.45) is 11.3 Å². The first kappa shape index (κ1) is 16.6. The summed E-state index contributed by atoms with van der Waals surface area (Å²) in [7, 11) is 1.66. The number of methoxy groups -OCH3 is 1.